The van der Waals surface area contributed by atoms with E-state index in [1.54, 1.807) is 0 Å². The largest absolute Gasteiger partial charge is 0.298 e. The van der Waals surface area contributed by atoms with Gasteiger partial charge in [0.05, 0.1) is 5.41 Å². The number of carbonyl (C=O) groups excluding carboxylic acids is 1. The van der Waals surface area contributed by atoms with Crippen molar-refractivity contribution in [1.29, 1.82) is 0 Å². The van der Waals surface area contributed by atoms with Gasteiger partial charge in [0.25, 0.3) is 0 Å². The third kappa shape index (κ3) is 2.86. The SMILES string of the molecule is CC(C)(C)C(=O)C1(c2ccc(Cl)cc2)CCCCC1. The molecule has 1 aliphatic carbocycles. The molecule has 19 heavy (non-hydrogen) atoms. The van der Waals surface area contributed by atoms with E-state index in [4.69, 9.17) is 11.6 Å². The molecule has 0 bridgehead atoms. The van der Waals surface area contributed by atoms with Crippen LogP contribution >= 0.6 is 11.6 Å². The molecule has 1 fully saturated rings. The quantitative estimate of drug-likeness (QED) is 0.730. The van der Waals surface area contributed by atoms with Crippen LogP contribution in [0.25, 0.3) is 0 Å². The standard InChI is InChI=1S/C17H23ClO/c1-16(2,3)15(19)17(11-5-4-6-12-17)13-7-9-14(18)10-8-13/h7-10H,4-6,11-12H2,1-3H3. The minimum Gasteiger partial charge on any atom is -0.298 e. The Labute approximate surface area is 121 Å². The summed E-state index contributed by atoms with van der Waals surface area (Å²) in [6.45, 7) is 6.09. The predicted molar refractivity (Wildman–Crippen MR) is 80.7 cm³/mol. The molecule has 1 nitrogen and oxygen atoms in total. The minimum absolute atomic E-state index is 0.291. The lowest BCUT2D eigenvalue weighted by Crippen LogP contribution is -2.44. The fourth-order valence-electron chi connectivity index (χ4n) is 3.29. The van der Waals surface area contributed by atoms with Crippen LogP contribution in [0.4, 0.5) is 0 Å². The van der Waals surface area contributed by atoms with E-state index in [0.29, 0.717) is 5.78 Å². The van der Waals surface area contributed by atoms with E-state index >= 15 is 0 Å². The highest BCUT2D eigenvalue weighted by molar-refractivity contribution is 6.30. The zero-order valence-electron chi connectivity index (χ0n) is 12.1. The van der Waals surface area contributed by atoms with E-state index in [-0.39, 0.29) is 10.8 Å². The maximum Gasteiger partial charge on any atom is 0.148 e. The Kier molecular flexibility index (Phi) is 4.06. The third-order valence-corrected chi connectivity index (χ3v) is 4.47. The highest BCUT2D eigenvalue weighted by Gasteiger charge is 2.45. The van der Waals surface area contributed by atoms with Gasteiger partial charge in [0.2, 0.25) is 0 Å². The van der Waals surface area contributed by atoms with Crippen LogP contribution in [0.3, 0.4) is 0 Å². The zero-order chi connectivity index (χ0) is 14.1. The second-order valence-electron chi connectivity index (χ2n) is 6.73. The van der Waals surface area contributed by atoms with E-state index in [9.17, 15) is 4.79 Å². The van der Waals surface area contributed by atoms with Crippen LogP contribution in [0.15, 0.2) is 24.3 Å². The molecule has 0 aliphatic heterocycles. The molecule has 2 rings (SSSR count). The molecule has 1 saturated carbocycles. The lowest BCUT2D eigenvalue weighted by molar-refractivity contribution is -0.133. The Morgan fingerprint density at radius 1 is 1.05 bits per heavy atom. The Hall–Kier alpha value is -0.820. The molecule has 0 amide bonds. The lowest BCUT2D eigenvalue weighted by atomic mass is 9.61. The number of rotatable bonds is 2. The molecule has 0 unspecified atom stereocenters. The summed E-state index contributed by atoms with van der Waals surface area (Å²) >= 11 is 5.98. The Balaban J connectivity index is 2.45. The second kappa shape index (κ2) is 5.28. The van der Waals surface area contributed by atoms with Crippen LogP contribution in [0.5, 0.6) is 0 Å². The molecular formula is C17H23ClO. The summed E-state index contributed by atoms with van der Waals surface area (Å²) in [5.74, 6) is 0.377. The zero-order valence-corrected chi connectivity index (χ0v) is 12.9. The molecule has 0 spiro atoms. The highest BCUT2D eigenvalue weighted by atomic mass is 35.5. The van der Waals surface area contributed by atoms with Crippen LogP contribution in [-0.2, 0) is 10.2 Å². The average molecular weight is 279 g/mol. The molecule has 0 N–H and O–H groups in total. The van der Waals surface area contributed by atoms with Crippen LogP contribution < -0.4 is 0 Å². The lowest BCUT2D eigenvalue weighted by Gasteiger charge is -2.40. The van der Waals surface area contributed by atoms with Gasteiger partial charge in [-0.1, -0.05) is 63.8 Å². The van der Waals surface area contributed by atoms with Crippen molar-refractivity contribution in [2.24, 2.45) is 5.41 Å². The van der Waals surface area contributed by atoms with Gasteiger partial charge in [-0.05, 0) is 30.5 Å². The summed E-state index contributed by atoms with van der Waals surface area (Å²) in [4.78, 5) is 13.0. The topological polar surface area (TPSA) is 17.1 Å². The minimum atomic E-state index is -0.295. The van der Waals surface area contributed by atoms with Crippen molar-refractivity contribution in [2.45, 2.75) is 58.3 Å². The average Bonchev–Trinajstić information content (AvgIpc) is 2.38. The summed E-state index contributed by atoms with van der Waals surface area (Å²) in [6.07, 6.45) is 5.48. The number of benzene rings is 1. The number of carbonyl (C=O) groups is 1. The first-order valence-electron chi connectivity index (χ1n) is 7.17. The Bertz CT molecular complexity index is 447. The summed E-state index contributed by atoms with van der Waals surface area (Å²) in [6, 6.07) is 7.89. The normalized spacial score (nSPS) is 19.2. The second-order valence-corrected chi connectivity index (χ2v) is 7.17. The number of Topliss-reactive ketones (excluding diaryl/α,β-unsaturated/α-hetero) is 1. The van der Waals surface area contributed by atoms with E-state index in [0.717, 1.165) is 36.3 Å². The van der Waals surface area contributed by atoms with E-state index < -0.39 is 0 Å². The first kappa shape index (κ1) is 14.6. The van der Waals surface area contributed by atoms with Gasteiger partial charge in [0, 0.05) is 10.4 Å². The summed E-state index contributed by atoms with van der Waals surface area (Å²) in [5.41, 5.74) is 0.564. The Morgan fingerprint density at radius 3 is 2.05 bits per heavy atom. The van der Waals surface area contributed by atoms with Crippen molar-refractivity contribution < 1.29 is 4.79 Å². The van der Waals surface area contributed by atoms with Crippen LogP contribution in [-0.4, -0.2) is 5.78 Å². The molecule has 0 atom stereocenters. The fraction of sp³-hybridized carbons (Fsp3) is 0.588. The fourth-order valence-corrected chi connectivity index (χ4v) is 3.41. The van der Waals surface area contributed by atoms with Crippen molar-refractivity contribution in [3.63, 3.8) is 0 Å². The van der Waals surface area contributed by atoms with Gasteiger partial charge < -0.3 is 0 Å². The molecule has 1 aromatic rings. The summed E-state index contributed by atoms with van der Waals surface area (Å²) < 4.78 is 0. The third-order valence-electron chi connectivity index (χ3n) is 4.22. The van der Waals surface area contributed by atoms with Crippen molar-refractivity contribution in [3.8, 4) is 0 Å². The van der Waals surface area contributed by atoms with E-state index in [1.807, 2.05) is 45.0 Å². The molecule has 0 heterocycles. The van der Waals surface area contributed by atoms with E-state index in [2.05, 4.69) is 0 Å². The van der Waals surface area contributed by atoms with Crippen molar-refractivity contribution in [2.75, 3.05) is 0 Å². The molecule has 2 heteroatoms. The van der Waals surface area contributed by atoms with Crippen LogP contribution in [0.1, 0.15) is 58.4 Å². The number of halogens is 1. The molecule has 0 saturated heterocycles. The van der Waals surface area contributed by atoms with Gasteiger partial charge in [-0.25, -0.2) is 0 Å². The van der Waals surface area contributed by atoms with Gasteiger partial charge in [-0.2, -0.15) is 0 Å². The smallest absolute Gasteiger partial charge is 0.148 e. The number of hydrogen-bond donors (Lipinski definition) is 0. The molecule has 1 aromatic carbocycles. The van der Waals surface area contributed by atoms with Crippen molar-refractivity contribution >= 4 is 17.4 Å². The van der Waals surface area contributed by atoms with Gasteiger partial charge in [-0.3, -0.25) is 4.79 Å². The van der Waals surface area contributed by atoms with Crippen LogP contribution in [0, 0.1) is 5.41 Å². The van der Waals surface area contributed by atoms with Gasteiger partial charge >= 0.3 is 0 Å². The molecule has 1 aliphatic rings. The monoisotopic (exact) mass is 278 g/mol. The molecular weight excluding hydrogens is 256 g/mol. The first-order valence-corrected chi connectivity index (χ1v) is 7.55. The maximum atomic E-state index is 13.0. The van der Waals surface area contributed by atoms with Crippen molar-refractivity contribution in [1.82, 2.24) is 0 Å². The van der Waals surface area contributed by atoms with Gasteiger partial charge in [-0.15, -0.1) is 0 Å². The summed E-state index contributed by atoms with van der Waals surface area (Å²) in [7, 11) is 0. The van der Waals surface area contributed by atoms with Gasteiger partial charge in [0.1, 0.15) is 5.78 Å². The molecule has 0 radical (unpaired) electrons. The predicted octanol–water partition coefficient (Wildman–Crippen LogP) is 5.16. The van der Waals surface area contributed by atoms with E-state index in [1.165, 1.54) is 6.42 Å². The van der Waals surface area contributed by atoms with Crippen molar-refractivity contribution in [3.05, 3.63) is 34.9 Å². The molecule has 0 aromatic heterocycles. The highest BCUT2D eigenvalue weighted by Crippen LogP contribution is 2.44. The summed E-state index contributed by atoms with van der Waals surface area (Å²) in [5, 5.41) is 0.734. The van der Waals surface area contributed by atoms with Gasteiger partial charge in [0.15, 0.2) is 0 Å². The Morgan fingerprint density at radius 2 is 1.58 bits per heavy atom. The number of hydrogen-bond acceptors (Lipinski definition) is 1. The van der Waals surface area contributed by atoms with Crippen LogP contribution in [0.2, 0.25) is 5.02 Å². The maximum absolute atomic E-state index is 13.0. The molecule has 104 valence electrons. The number of ketones is 1. The first-order chi connectivity index (χ1) is 8.86.